The van der Waals surface area contributed by atoms with E-state index in [9.17, 15) is 19.6 Å². The van der Waals surface area contributed by atoms with Crippen LogP contribution < -0.4 is 10.1 Å². The zero-order chi connectivity index (χ0) is 14.6. The minimum Gasteiger partial charge on any atom is -0.490 e. The second kappa shape index (κ2) is 5.81. The molecule has 1 aromatic rings. The maximum atomic E-state index is 13.6. The molecule has 0 aliphatic rings. The van der Waals surface area contributed by atoms with E-state index < -0.39 is 28.6 Å². The van der Waals surface area contributed by atoms with Crippen LogP contribution in [0.1, 0.15) is 6.92 Å². The van der Waals surface area contributed by atoms with Crippen molar-refractivity contribution >= 4 is 11.4 Å². The molecule has 106 valence electrons. The molecule has 3 N–H and O–H groups in total. The van der Waals surface area contributed by atoms with E-state index in [1.165, 1.54) is 14.0 Å². The lowest BCUT2D eigenvalue weighted by atomic mass is 10.1. The third-order valence-corrected chi connectivity index (χ3v) is 2.47. The number of halogens is 1. The topological polar surface area (TPSA) is 105 Å². The van der Waals surface area contributed by atoms with Gasteiger partial charge in [-0.05, 0) is 6.92 Å². The Morgan fingerprint density at radius 2 is 2.21 bits per heavy atom. The number of nitro groups is 1. The van der Waals surface area contributed by atoms with Crippen LogP contribution >= 0.6 is 0 Å². The number of aliphatic hydroxyl groups is 2. The third kappa shape index (κ3) is 3.76. The fourth-order valence-electron chi connectivity index (χ4n) is 1.33. The number of hydrogen-bond donors (Lipinski definition) is 3. The first kappa shape index (κ1) is 15.1. The van der Waals surface area contributed by atoms with Crippen molar-refractivity contribution in [1.82, 2.24) is 0 Å². The summed E-state index contributed by atoms with van der Waals surface area (Å²) in [5.41, 5.74) is -1.97. The van der Waals surface area contributed by atoms with Crippen molar-refractivity contribution in [2.24, 2.45) is 0 Å². The molecule has 0 aliphatic carbocycles. The maximum absolute atomic E-state index is 13.6. The van der Waals surface area contributed by atoms with Crippen LogP contribution in [0.25, 0.3) is 0 Å². The second-order valence-electron chi connectivity index (χ2n) is 4.27. The average molecular weight is 274 g/mol. The molecule has 0 fully saturated rings. The van der Waals surface area contributed by atoms with Gasteiger partial charge < -0.3 is 20.3 Å². The van der Waals surface area contributed by atoms with E-state index in [-0.39, 0.29) is 18.0 Å². The van der Waals surface area contributed by atoms with E-state index in [2.05, 4.69) is 5.32 Å². The van der Waals surface area contributed by atoms with Gasteiger partial charge in [-0.15, -0.1) is 0 Å². The van der Waals surface area contributed by atoms with Gasteiger partial charge in [-0.25, -0.2) is 4.39 Å². The number of nitrogens with one attached hydrogen (secondary N) is 1. The van der Waals surface area contributed by atoms with Gasteiger partial charge in [0.05, 0.1) is 30.4 Å². The summed E-state index contributed by atoms with van der Waals surface area (Å²) in [5.74, 6) is -0.946. The van der Waals surface area contributed by atoms with Gasteiger partial charge in [0.1, 0.15) is 5.60 Å². The van der Waals surface area contributed by atoms with Crippen molar-refractivity contribution in [2.45, 2.75) is 12.5 Å². The molecule has 0 saturated heterocycles. The Hall–Kier alpha value is -1.93. The van der Waals surface area contributed by atoms with Crippen LogP contribution in [0.4, 0.5) is 15.8 Å². The zero-order valence-electron chi connectivity index (χ0n) is 10.5. The van der Waals surface area contributed by atoms with Crippen LogP contribution in [0.2, 0.25) is 0 Å². The maximum Gasteiger partial charge on any atom is 0.313 e. The normalized spacial score (nSPS) is 13.7. The molecule has 0 aromatic heterocycles. The summed E-state index contributed by atoms with van der Waals surface area (Å²) >= 11 is 0. The molecule has 0 aliphatic heterocycles. The summed E-state index contributed by atoms with van der Waals surface area (Å²) in [6.45, 7) is 0.730. The van der Waals surface area contributed by atoms with Gasteiger partial charge >= 0.3 is 5.69 Å². The highest BCUT2D eigenvalue weighted by molar-refractivity contribution is 5.59. The highest BCUT2D eigenvalue weighted by atomic mass is 19.1. The van der Waals surface area contributed by atoms with E-state index >= 15 is 0 Å². The summed E-state index contributed by atoms with van der Waals surface area (Å²) in [6, 6.07) is 1.86. The third-order valence-electron chi connectivity index (χ3n) is 2.47. The summed E-state index contributed by atoms with van der Waals surface area (Å²) in [4.78, 5) is 9.92. The Morgan fingerprint density at radius 1 is 1.58 bits per heavy atom. The number of rotatable bonds is 6. The molecule has 0 saturated carbocycles. The Kier molecular flexibility index (Phi) is 4.62. The van der Waals surface area contributed by atoms with Crippen LogP contribution in [-0.2, 0) is 0 Å². The highest BCUT2D eigenvalue weighted by Crippen LogP contribution is 2.32. The number of methoxy groups -OCH3 is 1. The Morgan fingerprint density at radius 3 is 2.68 bits per heavy atom. The average Bonchev–Trinajstić information content (AvgIpc) is 2.36. The molecule has 0 bridgehead atoms. The number of hydrogen-bond acceptors (Lipinski definition) is 6. The Balaban J connectivity index is 3.00. The van der Waals surface area contributed by atoms with Gasteiger partial charge in [0.2, 0.25) is 0 Å². The first-order valence-electron chi connectivity index (χ1n) is 5.40. The SMILES string of the molecule is COc1cc(NCC(C)(O)CO)c(F)cc1[N+](=O)[O-]. The van der Waals surface area contributed by atoms with Crippen LogP contribution in [0.15, 0.2) is 12.1 Å². The van der Waals surface area contributed by atoms with E-state index in [0.29, 0.717) is 0 Å². The van der Waals surface area contributed by atoms with Crippen molar-refractivity contribution in [2.75, 3.05) is 25.6 Å². The minimum absolute atomic E-state index is 0.0591. The summed E-state index contributed by atoms with van der Waals surface area (Å²) in [7, 11) is 1.23. The molecule has 1 unspecified atom stereocenters. The monoisotopic (exact) mass is 274 g/mol. The van der Waals surface area contributed by atoms with Crippen LogP contribution in [0.3, 0.4) is 0 Å². The fraction of sp³-hybridized carbons (Fsp3) is 0.455. The number of nitro benzene ring substituents is 1. The van der Waals surface area contributed by atoms with Crippen molar-refractivity contribution in [3.8, 4) is 5.75 Å². The van der Waals surface area contributed by atoms with Crippen LogP contribution in [0.5, 0.6) is 5.75 Å². The molecular weight excluding hydrogens is 259 g/mol. The number of anilines is 1. The molecule has 7 nitrogen and oxygen atoms in total. The highest BCUT2D eigenvalue weighted by Gasteiger charge is 2.22. The second-order valence-corrected chi connectivity index (χ2v) is 4.27. The quantitative estimate of drug-likeness (QED) is 0.526. The first-order chi connectivity index (χ1) is 8.80. The molecule has 1 aromatic carbocycles. The summed E-state index contributed by atoms with van der Waals surface area (Å²) in [5, 5.41) is 31.7. The largest absolute Gasteiger partial charge is 0.490 e. The standard InChI is InChI=1S/C11H15FN2O5/c1-11(16,6-15)5-13-8-4-10(19-2)9(14(17)18)3-7(8)12/h3-4,13,15-16H,5-6H2,1-2H3. The van der Waals surface area contributed by atoms with Gasteiger partial charge in [-0.1, -0.05) is 0 Å². The van der Waals surface area contributed by atoms with Crippen molar-refractivity contribution in [1.29, 1.82) is 0 Å². The van der Waals surface area contributed by atoms with E-state index in [1.54, 1.807) is 0 Å². The molecule has 0 spiro atoms. The molecule has 0 amide bonds. The first-order valence-corrected chi connectivity index (χ1v) is 5.40. The number of aliphatic hydroxyl groups excluding tert-OH is 1. The number of ether oxygens (including phenoxy) is 1. The molecular formula is C11H15FN2O5. The van der Waals surface area contributed by atoms with Crippen molar-refractivity contribution < 1.29 is 24.3 Å². The van der Waals surface area contributed by atoms with Gasteiger partial charge in [0, 0.05) is 12.6 Å². The van der Waals surface area contributed by atoms with Crippen LogP contribution in [-0.4, -0.2) is 41.0 Å². The lowest BCUT2D eigenvalue weighted by Crippen LogP contribution is -2.37. The van der Waals surface area contributed by atoms with Gasteiger partial charge in [0.15, 0.2) is 11.6 Å². The number of benzene rings is 1. The fourth-order valence-corrected chi connectivity index (χ4v) is 1.33. The predicted molar refractivity (Wildman–Crippen MR) is 65.8 cm³/mol. The lowest BCUT2D eigenvalue weighted by molar-refractivity contribution is -0.385. The van der Waals surface area contributed by atoms with E-state index in [4.69, 9.17) is 9.84 Å². The van der Waals surface area contributed by atoms with E-state index in [1.807, 2.05) is 0 Å². The smallest absolute Gasteiger partial charge is 0.313 e. The summed E-state index contributed by atoms with van der Waals surface area (Å²) < 4.78 is 18.4. The molecule has 0 radical (unpaired) electrons. The summed E-state index contributed by atoms with van der Waals surface area (Å²) in [6.07, 6.45) is 0. The van der Waals surface area contributed by atoms with Crippen molar-refractivity contribution in [3.05, 3.63) is 28.1 Å². The van der Waals surface area contributed by atoms with E-state index in [0.717, 1.165) is 12.1 Å². The molecule has 8 heteroatoms. The van der Waals surface area contributed by atoms with Gasteiger partial charge in [0.25, 0.3) is 0 Å². The lowest BCUT2D eigenvalue weighted by Gasteiger charge is -2.21. The van der Waals surface area contributed by atoms with Crippen LogP contribution in [0, 0.1) is 15.9 Å². The molecule has 19 heavy (non-hydrogen) atoms. The zero-order valence-corrected chi connectivity index (χ0v) is 10.5. The van der Waals surface area contributed by atoms with Gasteiger partial charge in [-0.2, -0.15) is 0 Å². The minimum atomic E-state index is -1.43. The molecule has 1 atom stereocenters. The van der Waals surface area contributed by atoms with Gasteiger partial charge in [-0.3, -0.25) is 10.1 Å². The predicted octanol–water partition coefficient (Wildman–Crippen LogP) is 0.898. The Labute approximate surface area is 108 Å². The Bertz CT molecular complexity index is 478. The molecule has 1 rings (SSSR count). The van der Waals surface area contributed by atoms with Crippen molar-refractivity contribution in [3.63, 3.8) is 0 Å². The molecule has 0 heterocycles. The number of nitrogens with zero attached hydrogens (tertiary/aromatic N) is 1.